The van der Waals surface area contributed by atoms with Crippen molar-refractivity contribution in [1.82, 2.24) is 9.97 Å². The van der Waals surface area contributed by atoms with Gasteiger partial charge in [0.15, 0.2) is 20.3 Å². The van der Waals surface area contributed by atoms with Gasteiger partial charge in [-0.2, -0.15) is 5.26 Å². The average molecular weight is 663 g/mol. The molecule has 46 heavy (non-hydrogen) atoms. The SMILES string of the molecule is COCOc1cc(-c2oc(=O)c3c(N4CCCOC[C@@H]4CO[Si](C)(C)C(C)(C)C)nc(SC)nc3c2C)c2c(C#N)cccc2c1. The van der Waals surface area contributed by atoms with Gasteiger partial charge in [0.05, 0.1) is 36.4 Å². The zero-order valence-electron chi connectivity index (χ0n) is 27.9. The number of hydrogen-bond donors (Lipinski definition) is 0. The monoisotopic (exact) mass is 662 g/mol. The number of nitrogens with zero attached hydrogens (tertiary/aromatic N) is 4. The maximum Gasteiger partial charge on any atom is 0.349 e. The van der Waals surface area contributed by atoms with Gasteiger partial charge in [0.1, 0.15) is 22.7 Å². The third-order valence-corrected chi connectivity index (χ3v) is 14.0. The number of rotatable bonds is 9. The van der Waals surface area contributed by atoms with Crippen LogP contribution in [-0.4, -0.2) is 70.9 Å². The smallest absolute Gasteiger partial charge is 0.349 e. The second kappa shape index (κ2) is 13.7. The van der Waals surface area contributed by atoms with Crippen molar-refractivity contribution < 1.29 is 23.1 Å². The molecule has 1 atom stereocenters. The number of nitriles is 1. The van der Waals surface area contributed by atoms with Gasteiger partial charge < -0.3 is 28.0 Å². The topological polar surface area (TPSA) is 120 Å². The van der Waals surface area contributed by atoms with E-state index in [9.17, 15) is 10.1 Å². The fourth-order valence-corrected chi connectivity index (χ4v) is 6.82. The number of methoxy groups -OCH3 is 1. The van der Waals surface area contributed by atoms with E-state index >= 15 is 0 Å². The minimum Gasteiger partial charge on any atom is -0.468 e. The van der Waals surface area contributed by atoms with Gasteiger partial charge in [-0.05, 0) is 61.3 Å². The van der Waals surface area contributed by atoms with Crippen molar-refractivity contribution in [3.63, 3.8) is 0 Å². The fraction of sp³-hybridized carbons (Fsp3) is 0.471. The van der Waals surface area contributed by atoms with Gasteiger partial charge in [0.2, 0.25) is 0 Å². The summed E-state index contributed by atoms with van der Waals surface area (Å²) in [6, 6.07) is 11.2. The molecule has 244 valence electrons. The summed E-state index contributed by atoms with van der Waals surface area (Å²) in [7, 11) is -0.511. The molecule has 1 aliphatic rings. The zero-order chi connectivity index (χ0) is 33.2. The Kier molecular flexibility index (Phi) is 10.1. The lowest BCUT2D eigenvalue weighted by atomic mass is 9.95. The van der Waals surface area contributed by atoms with Crippen molar-refractivity contribution in [3.8, 4) is 23.1 Å². The van der Waals surface area contributed by atoms with E-state index in [0.717, 1.165) is 11.8 Å². The molecule has 0 aliphatic carbocycles. The van der Waals surface area contributed by atoms with Crippen LogP contribution in [0, 0.1) is 18.3 Å². The molecule has 12 heteroatoms. The second-order valence-electron chi connectivity index (χ2n) is 13.0. The molecule has 3 heterocycles. The Labute approximate surface area is 275 Å². The Morgan fingerprint density at radius 1 is 1.20 bits per heavy atom. The molecule has 0 spiro atoms. The second-order valence-corrected chi connectivity index (χ2v) is 18.6. The lowest BCUT2D eigenvalue weighted by Gasteiger charge is -2.39. The van der Waals surface area contributed by atoms with E-state index in [4.69, 9.17) is 33.0 Å². The van der Waals surface area contributed by atoms with Crippen LogP contribution in [0.25, 0.3) is 33.0 Å². The third-order valence-electron chi connectivity index (χ3n) is 8.96. The molecule has 0 unspecified atom stereocenters. The first-order chi connectivity index (χ1) is 21.9. The van der Waals surface area contributed by atoms with Crippen LogP contribution in [0.15, 0.2) is 44.7 Å². The highest BCUT2D eigenvalue weighted by Gasteiger charge is 2.39. The molecule has 2 aromatic carbocycles. The number of hydrogen-bond acceptors (Lipinski definition) is 11. The number of thioether (sulfide) groups is 1. The Morgan fingerprint density at radius 2 is 1.98 bits per heavy atom. The van der Waals surface area contributed by atoms with Crippen LogP contribution in [0.3, 0.4) is 0 Å². The number of anilines is 1. The minimum atomic E-state index is -2.06. The molecule has 1 saturated heterocycles. The fourth-order valence-electron chi connectivity index (χ4n) is 5.42. The van der Waals surface area contributed by atoms with Gasteiger partial charge in [0.25, 0.3) is 0 Å². The molecule has 1 fully saturated rings. The summed E-state index contributed by atoms with van der Waals surface area (Å²) >= 11 is 1.41. The normalized spacial score (nSPS) is 16.1. The maximum absolute atomic E-state index is 14.1. The number of aromatic nitrogens is 2. The predicted octanol–water partition coefficient (Wildman–Crippen LogP) is 6.91. The van der Waals surface area contributed by atoms with Crippen molar-refractivity contribution in [1.29, 1.82) is 5.26 Å². The van der Waals surface area contributed by atoms with Crippen LogP contribution in [0.2, 0.25) is 18.1 Å². The predicted molar refractivity (Wildman–Crippen MR) is 184 cm³/mol. The van der Waals surface area contributed by atoms with Gasteiger partial charge in [-0.3, -0.25) is 0 Å². The van der Waals surface area contributed by atoms with E-state index in [-0.39, 0.29) is 17.9 Å². The van der Waals surface area contributed by atoms with Crippen LogP contribution in [0.4, 0.5) is 5.82 Å². The molecular formula is C34H42N4O6SSi. The van der Waals surface area contributed by atoms with Crippen molar-refractivity contribution >= 4 is 47.6 Å². The summed E-state index contributed by atoms with van der Waals surface area (Å²) in [5.41, 5.74) is 1.62. The molecule has 0 N–H and O–H groups in total. The standard InChI is InChI=1S/C34H42N4O6SSi/c1-21-29-28(32(39)44-30(21)26-16-25(42-20-40-5)15-22-11-9-12-23(17-35)27(22)26)31(37-33(36-29)45-6)38-13-10-14-41-18-24(38)19-43-46(7,8)34(2,3)4/h9,11-12,15-16,24H,10,13-14,18-20H2,1-8H3/t24-/m1/s1. The van der Waals surface area contributed by atoms with Gasteiger partial charge in [0, 0.05) is 36.8 Å². The Bertz CT molecular complexity index is 1850. The molecule has 0 radical (unpaired) electrons. The van der Waals surface area contributed by atoms with E-state index in [0.29, 0.717) is 81.8 Å². The average Bonchev–Trinajstić information content (AvgIpc) is 3.28. The lowest BCUT2D eigenvalue weighted by molar-refractivity contribution is 0.0512. The molecule has 0 saturated carbocycles. The Hall–Kier alpha value is -3.47. The van der Waals surface area contributed by atoms with Gasteiger partial charge in [-0.15, -0.1) is 0 Å². The molecule has 4 aromatic rings. The quantitative estimate of drug-likeness (QED) is 0.0805. The van der Waals surface area contributed by atoms with Crippen LogP contribution in [0.1, 0.15) is 38.3 Å². The van der Waals surface area contributed by atoms with Crippen LogP contribution in [-0.2, 0) is 13.9 Å². The largest absolute Gasteiger partial charge is 0.468 e. The lowest BCUT2D eigenvalue weighted by Crippen LogP contribution is -2.48. The molecule has 1 aliphatic heterocycles. The van der Waals surface area contributed by atoms with E-state index in [1.54, 1.807) is 19.2 Å². The molecule has 0 amide bonds. The number of aryl methyl sites for hydroxylation is 1. The summed E-state index contributed by atoms with van der Waals surface area (Å²) in [6.45, 7) is 15.2. The molecule has 10 nitrogen and oxygen atoms in total. The highest BCUT2D eigenvalue weighted by atomic mass is 32.2. The number of ether oxygens (including phenoxy) is 3. The van der Waals surface area contributed by atoms with Crippen molar-refractivity contribution in [2.24, 2.45) is 0 Å². The van der Waals surface area contributed by atoms with E-state index in [2.05, 4.69) is 44.8 Å². The van der Waals surface area contributed by atoms with Gasteiger partial charge in [-0.1, -0.05) is 44.7 Å². The van der Waals surface area contributed by atoms with E-state index in [1.165, 1.54) is 11.8 Å². The minimum absolute atomic E-state index is 0.0388. The summed E-state index contributed by atoms with van der Waals surface area (Å²) in [5, 5.41) is 12.3. The van der Waals surface area contributed by atoms with Crippen molar-refractivity contribution in [2.75, 3.05) is 51.4 Å². The van der Waals surface area contributed by atoms with E-state index < -0.39 is 13.9 Å². The first-order valence-corrected chi connectivity index (χ1v) is 19.5. The van der Waals surface area contributed by atoms with Gasteiger partial charge >= 0.3 is 5.63 Å². The number of fused-ring (bicyclic) bond motifs is 2. The third kappa shape index (κ3) is 6.66. The highest BCUT2D eigenvalue weighted by Crippen LogP contribution is 2.40. The molecule has 5 rings (SSSR count). The summed E-state index contributed by atoms with van der Waals surface area (Å²) < 4.78 is 29.8. The van der Waals surface area contributed by atoms with Crippen LogP contribution >= 0.6 is 11.8 Å². The van der Waals surface area contributed by atoms with E-state index in [1.807, 2.05) is 31.4 Å². The zero-order valence-corrected chi connectivity index (χ0v) is 29.7. The molecular weight excluding hydrogens is 621 g/mol. The number of benzene rings is 2. The van der Waals surface area contributed by atoms with Crippen LogP contribution < -0.4 is 15.3 Å². The first-order valence-electron chi connectivity index (χ1n) is 15.4. The Balaban J connectivity index is 1.71. The summed E-state index contributed by atoms with van der Waals surface area (Å²) in [6.07, 6.45) is 2.69. The highest BCUT2D eigenvalue weighted by molar-refractivity contribution is 7.98. The first kappa shape index (κ1) is 33.9. The molecule has 0 bridgehead atoms. The summed E-state index contributed by atoms with van der Waals surface area (Å²) in [5.74, 6) is 1.36. The summed E-state index contributed by atoms with van der Waals surface area (Å²) in [4.78, 5) is 26.0. The molecule has 2 aromatic heterocycles. The van der Waals surface area contributed by atoms with Crippen molar-refractivity contribution in [3.05, 3.63) is 51.9 Å². The Morgan fingerprint density at radius 3 is 2.67 bits per heavy atom. The van der Waals surface area contributed by atoms with Gasteiger partial charge in [-0.25, -0.2) is 14.8 Å². The maximum atomic E-state index is 14.1. The van der Waals surface area contributed by atoms with Crippen LogP contribution in [0.5, 0.6) is 5.75 Å². The van der Waals surface area contributed by atoms with Crippen molar-refractivity contribution in [2.45, 2.75) is 63.4 Å².